The van der Waals surface area contributed by atoms with Crippen molar-refractivity contribution < 1.29 is 22.7 Å². The van der Waals surface area contributed by atoms with Gasteiger partial charge in [-0.1, -0.05) is 12.1 Å². The third-order valence-electron chi connectivity index (χ3n) is 4.81. The van der Waals surface area contributed by atoms with Gasteiger partial charge in [0.25, 0.3) is 11.5 Å². The van der Waals surface area contributed by atoms with Crippen LogP contribution >= 0.6 is 0 Å². The number of nitrogens with zero attached hydrogens (tertiary/aromatic N) is 1. The van der Waals surface area contributed by atoms with E-state index < -0.39 is 29.4 Å². The second-order valence-corrected chi connectivity index (χ2v) is 7.00. The minimum absolute atomic E-state index is 0.0316. The summed E-state index contributed by atoms with van der Waals surface area (Å²) < 4.78 is 41.8. The molecule has 0 atom stereocenters. The second-order valence-electron chi connectivity index (χ2n) is 7.00. The number of hydrogen-bond donors (Lipinski definition) is 5. The van der Waals surface area contributed by atoms with Crippen molar-refractivity contribution in [2.45, 2.75) is 25.1 Å². The number of rotatable bonds is 5. The number of piperidine rings is 1. The van der Waals surface area contributed by atoms with Crippen LogP contribution in [0.15, 0.2) is 41.3 Å². The molecule has 6 N–H and O–H groups in total. The molecule has 0 aliphatic carbocycles. The van der Waals surface area contributed by atoms with Gasteiger partial charge in [-0.3, -0.25) is 15.0 Å². The highest BCUT2D eigenvalue weighted by atomic mass is 19.4. The fraction of sp³-hybridized carbons (Fsp3) is 0.300. The Morgan fingerprint density at radius 2 is 1.97 bits per heavy atom. The zero-order valence-electron chi connectivity index (χ0n) is 16.8. The van der Waals surface area contributed by atoms with Crippen LogP contribution in [0, 0.1) is 5.41 Å². The average molecular weight is 450 g/mol. The average Bonchev–Trinajstić information content (AvgIpc) is 2.73. The van der Waals surface area contributed by atoms with E-state index >= 15 is 0 Å². The first-order valence-corrected chi connectivity index (χ1v) is 9.67. The van der Waals surface area contributed by atoms with Crippen LogP contribution in [0.3, 0.4) is 0 Å². The number of carbonyl (C=O) groups is 1. The standard InChI is InChI=1S/C20H21F3N6O3/c21-20(22,23)32-15-4-2-1-3-12(15)17(25)29-19(31)13(10-24)18-27-14(9-16(30)28-18)11-5-7-26-8-6-11/h1-4,9-11,26H,5-8,24H2,(H2,25,29,31)(H,27,28,30). The Morgan fingerprint density at radius 3 is 2.62 bits per heavy atom. The van der Waals surface area contributed by atoms with Crippen LogP contribution in [0.5, 0.6) is 5.75 Å². The molecule has 1 aromatic carbocycles. The number of para-hydroxylation sites is 1. The zero-order valence-corrected chi connectivity index (χ0v) is 16.8. The summed E-state index contributed by atoms with van der Waals surface area (Å²) in [5.74, 6) is -2.29. The van der Waals surface area contributed by atoms with Gasteiger partial charge < -0.3 is 26.1 Å². The summed E-state index contributed by atoms with van der Waals surface area (Å²) in [6.07, 6.45) is -2.53. The van der Waals surface area contributed by atoms with Crippen molar-refractivity contribution in [3.63, 3.8) is 0 Å². The molecule has 0 bridgehead atoms. The van der Waals surface area contributed by atoms with Crippen molar-refractivity contribution in [3.05, 3.63) is 64.0 Å². The summed E-state index contributed by atoms with van der Waals surface area (Å²) in [6.45, 7) is 1.54. The fourth-order valence-electron chi connectivity index (χ4n) is 3.33. The van der Waals surface area contributed by atoms with Crippen LogP contribution in [0.4, 0.5) is 13.2 Å². The largest absolute Gasteiger partial charge is 0.573 e. The van der Waals surface area contributed by atoms with E-state index in [1.165, 1.54) is 24.3 Å². The molecule has 32 heavy (non-hydrogen) atoms. The van der Waals surface area contributed by atoms with E-state index in [4.69, 9.17) is 11.1 Å². The number of benzene rings is 1. The lowest BCUT2D eigenvalue weighted by atomic mass is 9.94. The molecule has 1 fully saturated rings. The van der Waals surface area contributed by atoms with Crippen LogP contribution in [-0.2, 0) is 4.79 Å². The van der Waals surface area contributed by atoms with Crippen molar-refractivity contribution >= 4 is 17.3 Å². The van der Waals surface area contributed by atoms with Crippen molar-refractivity contribution in [2.24, 2.45) is 5.73 Å². The molecule has 0 radical (unpaired) electrons. The number of halogens is 3. The molecule has 0 unspecified atom stereocenters. The number of hydrogen-bond acceptors (Lipinski definition) is 7. The summed E-state index contributed by atoms with van der Waals surface area (Å²) in [7, 11) is 0. The van der Waals surface area contributed by atoms with E-state index in [9.17, 15) is 22.8 Å². The number of ether oxygens (including phenoxy) is 1. The lowest BCUT2D eigenvalue weighted by Crippen LogP contribution is -2.33. The monoisotopic (exact) mass is 450 g/mol. The second kappa shape index (κ2) is 9.64. The molecule has 12 heteroatoms. The summed E-state index contributed by atoms with van der Waals surface area (Å²) in [4.78, 5) is 31.7. The van der Waals surface area contributed by atoms with Crippen LogP contribution < -0.4 is 26.7 Å². The summed E-state index contributed by atoms with van der Waals surface area (Å²) in [6, 6.07) is 6.25. The van der Waals surface area contributed by atoms with Gasteiger partial charge in [-0.15, -0.1) is 13.2 Å². The fourth-order valence-corrected chi connectivity index (χ4v) is 3.33. The number of nitrogens with one attached hydrogen (secondary N) is 4. The van der Waals surface area contributed by atoms with Crippen LogP contribution in [0.1, 0.15) is 35.8 Å². The lowest BCUT2D eigenvalue weighted by molar-refractivity contribution is -0.274. The van der Waals surface area contributed by atoms with Gasteiger partial charge >= 0.3 is 6.36 Å². The van der Waals surface area contributed by atoms with E-state index in [1.807, 2.05) is 0 Å². The molecule has 9 nitrogen and oxygen atoms in total. The summed E-state index contributed by atoms with van der Waals surface area (Å²) in [5, 5.41) is 13.4. The maximum atomic E-state index is 12.7. The number of aromatic amines is 1. The van der Waals surface area contributed by atoms with E-state index in [0.717, 1.165) is 38.2 Å². The van der Waals surface area contributed by atoms with Crippen molar-refractivity contribution in [2.75, 3.05) is 13.1 Å². The third-order valence-corrected chi connectivity index (χ3v) is 4.81. The number of amides is 1. The number of carbonyl (C=O) groups excluding carboxylic acids is 1. The molecule has 0 spiro atoms. The number of alkyl halides is 3. The van der Waals surface area contributed by atoms with Crippen LogP contribution in [-0.4, -0.2) is 41.2 Å². The first-order valence-electron chi connectivity index (χ1n) is 9.67. The minimum Gasteiger partial charge on any atom is -0.405 e. The number of amidine groups is 1. The Hall–Kier alpha value is -3.67. The zero-order chi connectivity index (χ0) is 23.3. The van der Waals surface area contributed by atoms with Gasteiger partial charge in [-0.05, 0) is 38.1 Å². The topological polar surface area (TPSA) is 146 Å². The van der Waals surface area contributed by atoms with Gasteiger partial charge in [0.2, 0.25) is 0 Å². The Kier molecular flexibility index (Phi) is 6.93. The molecular formula is C20H21F3N6O3. The molecule has 1 aliphatic rings. The molecule has 1 aromatic heterocycles. The van der Waals surface area contributed by atoms with Crippen LogP contribution in [0.2, 0.25) is 0 Å². The predicted molar refractivity (Wildman–Crippen MR) is 110 cm³/mol. The number of nitrogens with two attached hydrogens (primary N) is 1. The van der Waals surface area contributed by atoms with Gasteiger partial charge in [0.1, 0.15) is 17.4 Å². The number of H-pyrrole nitrogens is 1. The first kappa shape index (κ1) is 23.0. The molecular weight excluding hydrogens is 429 g/mol. The minimum atomic E-state index is -4.97. The Balaban J connectivity index is 1.83. The summed E-state index contributed by atoms with van der Waals surface area (Å²) in [5.41, 5.74) is 5.08. The van der Waals surface area contributed by atoms with Crippen molar-refractivity contribution in [1.82, 2.24) is 20.6 Å². The highest BCUT2D eigenvalue weighted by Crippen LogP contribution is 2.26. The molecule has 2 aromatic rings. The summed E-state index contributed by atoms with van der Waals surface area (Å²) >= 11 is 0. The smallest absolute Gasteiger partial charge is 0.405 e. The van der Waals surface area contributed by atoms with Gasteiger partial charge in [0.15, 0.2) is 0 Å². The normalized spacial score (nSPS) is 15.3. The highest BCUT2D eigenvalue weighted by molar-refractivity contribution is 6.25. The molecule has 0 saturated carbocycles. The van der Waals surface area contributed by atoms with Crippen molar-refractivity contribution in [3.8, 4) is 5.75 Å². The molecule has 2 heterocycles. The van der Waals surface area contributed by atoms with E-state index in [0.29, 0.717) is 5.69 Å². The number of aromatic nitrogens is 2. The first-order chi connectivity index (χ1) is 15.2. The Labute approximate surface area is 180 Å². The molecule has 1 saturated heterocycles. The van der Waals surface area contributed by atoms with E-state index in [1.54, 1.807) is 0 Å². The Bertz CT molecular complexity index is 1090. The van der Waals surface area contributed by atoms with Gasteiger partial charge in [-0.25, -0.2) is 4.98 Å². The Morgan fingerprint density at radius 1 is 1.28 bits per heavy atom. The third kappa shape index (κ3) is 5.72. The maximum Gasteiger partial charge on any atom is 0.573 e. The molecule has 1 amide bonds. The quantitative estimate of drug-likeness (QED) is 0.266. The molecule has 3 rings (SSSR count). The molecule has 170 valence electrons. The van der Waals surface area contributed by atoms with Gasteiger partial charge in [0.05, 0.1) is 16.8 Å². The highest BCUT2D eigenvalue weighted by Gasteiger charge is 2.32. The maximum absolute atomic E-state index is 12.7. The van der Waals surface area contributed by atoms with Gasteiger partial charge in [0, 0.05) is 18.2 Å². The van der Waals surface area contributed by atoms with Crippen molar-refractivity contribution in [1.29, 1.82) is 5.41 Å². The van der Waals surface area contributed by atoms with E-state index in [2.05, 4.69) is 25.3 Å². The van der Waals surface area contributed by atoms with Gasteiger partial charge in [-0.2, -0.15) is 0 Å². The van der Waals surface area contributed by atoms with Crippen LogP contribution in [0.25, 0.3) is 5.57 Å². The lowest BCUT2D eigenvalue weighted by Gasteiger charge is -2.22. The molecule has 1 aliphatic heterocycles. The van der Waals surface area contributed by atoms with E-state index in [-0.39, 0.29) is 22.9 Å². The SMILES string of the molecule is N=C(NC(=O)C(=CN)c1nc(C2CCNCC2)cc(=O)[nH]1)c1ccccc1OC(F)(F)F. The predicted octanol–water partition coefficient (Wildman–Crippen LogP) is 1.58.